The molecular weight excluding hydrogens is 803 g/mol. The third kappa shape index (κ3) is 6.02. The van der Waals surface area contributed by atoms with Gasteiger partial charge in [0.1, 0.15) is 47.3 Å². The number of nitrogen functional groups attached to an aromatic ring is 1. The van der Waals surface area contributed by atoms with E-state index in [-0.39, 0.29) is 72.3 Å². The summed E-state index contributed by atoms with van der Waals surface area (Å²) >= 11 is 7.84. The van der Waals surface area contributed by atoms with Crippen LogP contribution in [0, 0.1) is 34.3 Å². The van der Waals surface area contributed by atoms with Crippen molar-refractivity contribution in [3.8, 4) is 23.2 Å². The Morgan fingerprint density at radius 2 is 1.97 bits per heavy atom. The number of anilines is 2. The number of nitriles is 1. The lowest BCUT2D eigenvalue weighted by molar-refractivity contribution is -0.0739. The maximum atomic E-state index is 17.4. The minimum Gasteiger partial charge on any atom is -0.461 e. The Morgan fingerprint density at radius 3 is 2.71 bits per heavy atom. The number of carbonyl (C=O) groups is 1. The molecule has 4 fully saturated rings. The summed E-state index contributed by atoms with van der Waals surface area (Å²) in [6.07, 6.45) is 0.409. The van der Waals surface area contributed by atoms with Crippen LogP contribution in [-0.4, -0.2) is 97.6 Å². The first-order chi connectivity index (χ1) is 27.7. The van der Waals surface area contributed by atoms with Crippen LogP contribution >= 0.6 is 22.9 Å². The Bertz CT molecular complexity index is 2530. The second-order valence-electron chi connectivity index (χ2n) is 16.2. The monoisotopic (exact) mass is 840 g/mol. The number of benzene rings is 2. The highest BCUT2D eigenvalue weighted by atomic mass is 35.5. The molecule has 0 bridgehead atoms. The van der Waals surface area contributed by atoms with Gasteiger partial charge in [-0.1, -0.05) is 31.5 Å². The summed E-state index contributed by atoms with van der Waals surface area (Å²) < 4.78 is 80.9. The molecule has 0 aliphatic carbocycles. The fourth-order valence-corrected chi connectivity index (χ4v) is 11.4. The Labute approximate surface area is 338 Å². The predicted molar refractivity (Wildman–Crippen MR) is 208 cm³/mol. The number of hydrogen-bond acceptors (Lipinski definition) is 11. The number of halogens is 6. The smallest absolute Gasteiger partial charge is 0.346 e. The summed E-state index contributed by atoms with van der Waals surface area (Å²) in [5.41, 5.74) is 5.05. The molecule has 4 atom stereocenters. The van der Waals surface area contributed by atoms with Crippen molar-refractivity contribution in [2.45, 2.75) is 70.1 Å². The zero-order chi connectivity index (χ0) is 40.8. The first kappa shape index (κ1) is 38.6. The van der Waals surface area contributed by atoms with Crippen molar-refractivity contribution in [2.75, 3.05) is 50.0 Å². The van der Waals surface area contributed by atoms with Crippen LogP contribution in [0.2, 0.25) is 5.02 Å². The highest BCUT2D eigenvalue weighted by Crippen LogP contribution is 2.51. The average Bonchev–Trinajstić information content (AvgIpc) is 3.96. The lowest BCUT2D eigenvalue weighted by Crippen LogP contribution is -2.73. The Morgan fingerprint density at radius 1 is 1.17 bits per heavy atom. The highest BCUT2D eigenvalue weighted by Gasteiger charge is 2.57. The molecule has 7 heterocycles. The molecule has 2 N–H and O–H groups in total. The summed E-state index contributed by atoms with van der Waals surface area (Å²) in [6.45, 7) is 6.32. The molecule has 0 saturated carbocycles. The number of hydrogen-bond donors (Lipinski definition) is 1. The number of amides is 1. The summed E-state index contributed by atoms with van der Waals surface area (Å²) in [7, 11) is 0. The molecule has 1 amide bonds. The molecule has 3 aromatic heterocycles. The van der Waals surface area contributed by atoms with Gasteiger partial charge >= 0.3 is 12.0 Å². The van der Waals surface area contributed by atoms with E-state index in [1.165, 1.54) is 12.1 Å². The van der Waals surface area contributed by atoms with Crippen molar-refractivity contribution in [3.63, 3.8) is 0 Å². The number of carbonyl (C=O) groups excluding carboxylic acids is 1. The average molecular weight is 841 g/mol. The molecule has 0 unspecified atom stereocenters. The topological polar surface area (TPSA) is 142 Å². The van der Waals surface area contributed by atoms with E-state index in [1.54, 1.807) is 11.0 Å². The summed E-state index contributed by atoms with van der Waals surface area (Å²) in [5.74, 6) is -1.89. The van der Waals surface area contributed by atoms with Gasteiger partial charge in [-0.3, -0.25) is 4.90 Å². The van der Waals surface area contributed by atoms with E-state index in [0.717, 1.165) is 48.2 Å². The second kappa shape index (κ2) is 14.2. The van der Waals surface area contributed by atoms with Gasteiger partial charge < -0.3 is 20.3 Å². The van der Waals surface area contributed by atoms with Gasteiger partial charge in [0.2, 0.25) is 5.82 Å². The molecule has 58 heavy (non-hydrogen) atoms. The van der Waals surface area contributed by atoms with Crippen LogP contribution in [0.15, 0.2) is 24.5 Å². The van der Waals surface area contributed by atoms with Crippen molar-refractivity contribution in [1.82, 2.24) is 34.5 Å². The number of thiophene rings is 1. The molecular formula is C39H38ClF5N10O2S. The van der Waals surface area contributed by atoms with Crippen LogP contribution in [0.4, 0.5) is 37.6 Å². The number of piperidine rings is 1. The lowest BCUT2D eigenvalue weighted by Gasteiger charge is -2.62. The van der Waals surface area contributed by atoms with Gasteiger partial charge in [0.15, 0.2) is 5.82 Å². The van der Waals surface area contributed by atoms with Crippen molar-refractivity contribution >= 4 is 60.8 Å². The lowest BCUT2D eigenvalue weighted by atomic mass is 9.63. The summed E-state index contributed by atoms with van der Waals surface area (Å²) in [5, 5.41) is 14.1. The third-order valence-electron chi connectivity index (χ3n) is 12.4. The van der Waals surface area contributed by atoms with E-state index < -0.39 is 47.0 Å². The van der Waals surface area contributed by atoms with Gasteiger partial charge in [0, 0.05) is 60.4 Å². The van der Waals surface area contributed by atoms with E-state index in [4.69, 9.17) is 27.1 Å². The van der Waals surface area contributed by atoms with E-state index >= 15 is 8.78 Å². The maximum absolute atomic E-state index is 17.4. The molecule has 2 aromatic carbocycles. The van der Waals surface area contributed by atoms with Gasteiger partial charge in [-0.15, -0.1) is 16.4 Å². The summed E-state index contributed by atoms with van der Waals surface area (Å²) in [4.78, 5) is 32.4. The molecule has 19 heteroatoms. The molecule has 4 aliphatic rings. The molecule has 4 aliphatic heterocycles. The number of nitrogens with two attached hydrogens (primary N) is 1. The number of ether oxygens (including phenoxy) is 1. The number of fused-ring (bicyclic) bond motifs is 3. The van der Waals surface area contributed by atoms with Crippen molar-refractivity contribution < 1.29 is 31.5 Å². The Balaban J connectivity index is 1.13. The van der Waals surface area contributed by atoms with Crippen LogP contribution in [0.5, 0.6) is 6.01 Å². The molecule has 304 valence electrons. The van der Waals surface area contributed by atoms with Crippen LogP contribution in [0.25, 0.3) is 32.1 Å². The zero-order valence-corrected chi connectivity index (χ0v) is 33.1. The number of aromatic nitrogens is 5. The van der Waals surface area contributed by atoms with E-state index in [1.807, 2.05) is 24.8 Å². The first-order valence-corrected chi connectivity index (χ1v) is 20.3. The molecule has 0 radical (unpaired) electrons. The number of alkyl halides is 3. The standard InChI is InChI=1S/C39H38ClF5N10O2S/c1-19(2)31-38(16-54(31)37(56)55-18-48-34(51-55)32(44)45)7-3-9-52(15-38)35-22-11-24(40)27(21-5-6-25(42)30-26(21)23(13-46)33(47)58-30)28(43)29(22)49-36(50-35)57-17-39-8-4-10-53(39)14-20(41)12-39/h5-6,11,18-20,31-32H,3-4,7-10,12,14-17,47H2,1-2H3/t20-,31-,38-,39+/m1/s1. The zero-order valence-electron chi connectivity index (χ0n) is 31.5. The van der Waals surface area contributed by atoms with E-state index in [2.05, 4.69) is 20.0 Å². The quantitative estimate of drug-likeness (QED) is 0.160. The Kier molecular flexibility index (Phi) is 9.43. The molecule has 5 aromatic rings. The van der Waals surface area contributed by atoms with Crippen LogP contribution in [0.3, 0.4) is 0 Å². The molecule has 9 rings (SSSR count). The number of nitrogens with zero attached hydrogens (tertiary/aromatic N) is 9. The van der Waals surface area contributed by atoms with Gasteiger partial charge in [0.05, 0.1) is 20.8 Å². The van der Waals surface area contributed by atoms with Crippen molar-refractivity contribution in [2.24, 2.45) is 11.3 Å². The van der Waals surface area contributed by atoms with Crippen molar-refractivity contribution in [1.29, 1.82) is 5.26 Å². The SMILES string of the molecule is CC(C)[C@H]1N(C(=O)n2cnc(C(F)F)n2)C[C@]12CCCN(c1nc(OC[C@@]34CCCN3C[C@H](F)C4)nc3c(F)c(-c4ccc(F)c5sc(N)c(C#N)c45)c(Cl)cc13)C2. The number of likely N-dealkylation sites (tertiary alicyclic amines) is 1. The van der Waals surface area contributed by atoms with Gasteiger partial charge in [-0.25, -0.2) is 31.7 Å². The first-order valence-electron chi connectivity index (χ1n) is 19.1. The Hall–Kier alpha value is -4.86. The van der Waals surface area contributed by atoms with Crippen LogP contribution in [0.1, 0.15) is 63.8 Å². The van der Waals surface area contributed by atoms with Gasteiger partial charge in [-0.05, 0) is 55.8 Å². The molecule has 12 nitrogen and oxygen atoms in total. The molecule has 4 saturated heterocycles. The largest absolute Gasteiger partial charge is 0.461 e. The predicted octanol–water partition coefficient (Wildman–Crippen LogP) is 7.98. The normalized spacial score (nSPS) is 24.7. The maximum Gasteiger partial charge on any atom is 0.346 e. The number of rotatable bonds is 7. The van der Waals surface area contributed by atoms with Gasteiger partial charge in [0.25, 0.3) is 6.43 Å². The van der Waals surface area contributed by atoms with Crippen molar-refractivity contribution in [3.05, 3.63) is 52.6 Å². The summed E-state index contributed by atoms with van der Waals surface area (Å²) in [6, 6.07) is 5.12. The van der Waals surface area contributed by atoms with E-state index in [9.17, 15) is 23.2 Å². The molecule has 1 spiro atoms. The third-order valence-corrected chi connectivity index (χ3v) is 13.7. The van der Waals surface area contributed by atoms with Crippen LogP contribution < -0.4 is 15.4 Å². The highest BCUT2D eigenvalue weighted by molar-refractivity contribution is 7.23. The van der Waals surface area contributed by atoms with E-state index in [0.29, 0.717) is 44.8 Å². The minimum atomic E-state index is -2.92. The fourth-order valence-electron chi connectivity index (χ4n) is 10.2. The van der Waals surface area contributed by atoms with Gasteiger partial charge in [-0.2, -0.15) is 19.9 Å². The second-order valence-corrected chi connectivity index (χ2v) is 17.7. The van der Waals surface area contributed by atoms with Crippen LogP contribution in [-0.2, 0) is 0 Å². The minimum absolute atomic E-state index is 0.00481. The fraction of sp³-hybridized carbons (Fsp3) is 0.487.